The normalized spacial score (nSPS) is 15.3. The second-order valence-corrected chi connectivity index (χ2v) is 8.66. The maximum absolute atomic E-state index is 12.6. The Morgan fingerprint density at radius 3 is 2.52 bits per heavy atom. The molecule has 2 aromatic rings. The van der Waals surface area contributed by atoms with E-state index in [1.54, 1.807) is 0 Å². The van der Waals surface area contributed by atoms with Crippen LogP contribution in [0.25, 0.3) is 0 Å². The van der Waals surface area contributed by atoms with Gasteiger partial charge in [0.2, 0.25) is 0 Å². The third-order valence-electron chi connectivity index (χ3n) is 5.75. The van der Waals surface area contributed by atoms with Crippen molar-refractivity contribution in [3.8, 4) is 11.5 Å². The number of carbonyl (C=O) groups is 1. The minimum atomic E-state index is -0.0157. The van der Waals surface area contributed by atoms with Gasteiger partial charge in [0.15, 0.2) is 18.1 Å². The van der Waals surface area contributed by atoms with Crippen LogP contribution in [0.4, 0.5) is 0 Å². The van der Waals surface area contributed by atoms with E-state index in [-0.39, 0.29) is 24.6 Å². The van der Waals surface area contributed by atoms with Crippen LogP contribution in [0.2, 0.25) is 0 Å². The van der Waals surface area contributed by atoms with E-state index in [9.17, 15) is 4.79 Å². The molecule has 168 valence electrons. The smallest absolute Gasteiger partial charge is 0.260 e. The van der Waals surface area contributed by atoms with Gasteiger partial charge in [-0.05, 0) is 76.3 Å². The fraction of sp³-hybridized carbons (Fsp3) is 0.500. The fourth-order valence-corrected chi connectivity index (χ4v) is 4.45. The second-order valence-electron chi connectivity index (χ2n) is 8.66. The van der Waals surface area contributed by atoms with E-state index in [2.05, 4.69) is 29.6 Å². The van der Waals surface area contributed by atoms with Crippen LogP contribution < -0.4 is 14.8 Å². The Morgan fingerprint density at radius 1 is 1.06 bits per heavy atom. The highest BCUT2D eigenvalue weighted by molar-refractivity contribution is 5.78. The van der Waals surface area contributed by atoms with E-state index in [0.29, 0.717) is 24.1 Å². The highest BCUT2D eigenvalue weighted by Gasteiger charge is 2.22. The van der Waals surface area contributed by atoms with Gasteiger partial charge < -0.3 is 19.7 Å². The van der Waals surface area contributed by atoms with Crippen LogP contribution in [0.3, 0.4) is 0 Å². The molecule has 0 spiro atoms. The zero-order valence-corrected chi connectivity index (χ0v) is 19.5. The molecule has 0 aromatic heterocycles. The number of hydrogen-bond donors (Lipinski definition) is 1. The maximum atomic E-state index is 12.6. The number of nitrogens with zero attached hydrogens (tertiary/aromatic N) is 1. The number of benzene rings is 2. The van der Waals surface area contributed by atoms with Gasteiger partial charge in [-0.2, -0.15) is 0 Å². The van der Waals surface area contributed by atoms with Gasteiger partial charge in [0.1, 0.15) is 0 Å². The van der Waals surface area contributed by atoms with Gasteiger partial charge >= 0.3 is 0 Å². The first-order valence-corrected chi connectivity index (χ1v) is 11.4. The molecule has 3 rings (SSSR count). The lowest BCUT2D eigenvalue weighted by Crippen LogP contribution is -2.44. The third-order valence-corrected chi connectivity index (χ3v) is 5.75. The van der Waals surface area contributed by atoms with E-state index < -0.39 is 0 Å². The van der Waals surface area contributed by atoms with Gasteiger partial charge in [-0.3, -0.25) is 4.79 Å². The standard InChI is InChI=1S/C26H36N2O3/c1-6-30-25-15-20(16-27-23-13-12-21-9-7-8-10-22(21)23)11-14-24(25)31-17-26(29)28(18(2)3)19(4)5/h7-11,14-15,18-19,23,27H,6,12-13,16-17H2,1-5H3. The van der Waals surface area contributed by atoms with Gasteiger partial charge in [0.25, 0.3) is 5.91 Å². The van der Waals surface area contributed by atoms with Gasteiger partial charge in [0.05, 0.1) is 6.61 Å². The Balaban J connectivity index is 1.63. The molecule has 0 radical (unpaired) electrons. The minimum Gasteiger partial charge on any atom is -0.490 e. The molecular formula is C26H36N2O3. The van der Waals surface area contributed by atoms with Crippen molar-refractivity contribution in [1.29, 1.82) is 0 Å². The molecule has 1 aliphatic carbocycles. The fourth-order valence-electron chi connectivity index (χ4n) is 4.45. The summed E-state index contributed by atoms with van der Waals surface area (Å²) in [5.74, 6) is 1.28. The average molecular weight is 425 g/mol. The molecule has 0 saturated heterocycles. The van der Waals surface area contributed by atoms with Gasteiger partial charge in [-0.15, -0.1) is 0 Å². The molecule has 1 atom stereocenters. The molecule has 0 bridgehead atoms. The summed E-state index contributed by atoms with van der Waals surface area (Å²) in [7, 11) is 0. The Morgan fingerprint density at radius 2 is 1.81 bits per heavy atom. The van der Waals surface area contributed by atoms with Crippen LogP contribution in [0.1, 0.15) is 63.8 Å². The SMILES string of the molecule is CCOc1cc(CNC2CCc3ccccc32)ccc1OCC(=O)N(C(C)C)C(C)C. The predicted molar refractivity (Wildman–Crippen MR) is 125 cm³/mol. The number of amides is 1. The van der Waals surface area contributed by atoms with Crippen molar-refractivity contribution in [1.82, 2.24) is 10.2 Å². The Labute approximate surface area is 186 Å². The van der Waals surface area contributed by atoms with Crippen LogP contribution in [0.5, 0.6) is 11.5 Å². The number of carbonyl (C=O) groups excluding carboxylic acids is 1. The van der Waals surface area contributed by atoms with Crippen LogP contribution in [0, 0.1) is 0 Å². The molecule has 2 aromatic carbocycles. The quantitative estimate of drug-likeness (QED) is 0.590. The molecule has 31 heavy (non-hydrogen) atoms. The first-order valence-electron chi connectivity index (χ1n) is 11.4. The number of ether oxygens (including phenoxy) is 2. The largest absolute Gasteiger partial charge is 0.490 e. The summed E-state index contributed by atoms with van der Waals surface area (Å²) in [5, 5.41) is 3.68. The number of aryl methyl sites for hydroxylation is 1. The topological polar surface area (TPSA) is 50.8 Å². The van der Waals surface area contributed by atoms with Crippen LogP contribution in [-0.2, 0) is 17.8 Å². The molecular weight excluding hydrogens is 388 g/mol. The van der Waals surface area contributed by atoms with E-state index in [1.165, 1.54) is 11.1 Å². The maximum Gasteiger partial charge on any atom is 0.260 e. The summed E-state index contributed by atoms with van der Waals surface area (Å²) in [6.45, 7) is 11.3. The molecule has 1 unspecified atom stereocenters. The molecule has 1 aliphatic rings. The lowest BCUT2D eigenvalue weighted by Gasteiger charge is -2.30. The average Bonchev–Trinajstić information content (AvgIpc) is 3.14. The summed E-state index contributed by atoms with van der Waals surface area (Å²) in [6.07, 6.45) is 2.26. The molecule has 5 nitrogen and oxygen atoms in total. The van der Waals surface area contributed by atoms with Crippen LogP contribution in [-0.4, -0.2) is 36.1 Å². The molecule has 0 fully saturated rings. The molecule has 1 amide bonds. The van der Waals surface area contributed by atoms with Crippen molar-refractivity contribution in [3.05, 3.63) is 59.2 Å². The van der Waals surface area contributed by atoms with Crippen LogP contribution in [0.15, 0.2) is 42.5 Å². The summed E-state index contributed by atoms with van der Waals surface area (Å²) < 4.78 is 11.7. The first-order chi connectivity index (χ1) is 14.9. The minimum absolute atomic E-state index is 0.00683. The number of fused-ring (bicyclic) bond motifs is 1. The van der Waals surface area contributed by atoms with Crippen molar-refractivity contribution in [2.75, 3.05) is 13.2 Å². The Hall–Kier alpha value is -2.53. The Bertz CT molecular complexity index is 871. The zero-order chi connectivity index (χ0) is 22.4. The highest BCUT2D eigenvalue weighted by atomic mass is 16.5. The van der Waals surface area contributed by atoms with Gasteiger partial charge in [0, 0.05) is 24.7 Å². The van der Waals surface area contributed by atoms with Crippen molar-refractivity contribution in [3.63, 3.8) is 0 Å². The lowest BCUT2D eigenvalue weighted by atomic mass is 10.1. The van der Waals surface area contributed by atoms with Crippen LogP contribution >= 0.6 is 0 Å². The molecule has 1 N–H and O–H groups in total. The summed E-state index contributed by atoms with van der Waals surface area (Å²) in [6, 6.07) is 15.3. The van der Waals surface area contributed by atoms with Crippen molar-refractivity contribution < 1.29 is 14.3 Å². The molecule has 0 aliphatic heterocycles. The van der Waals surface area contributed by atoms with Gasteiger partial charge in [-0.25, -0.2) is 0 Å². The lowest BCUT2D eigenvalue weighted by molar-refractivity contribution is -0.137. The zero-order valence-electron chi connectivity index (χ0n) is 19.5. The summed E-state index contributed by atoms with van der Waals surface area (Å²) >= 11 is 0. The van der Waals surface area contributed by atoms with E-state index >= 15 is 0 Å². The molecule has 0 saturated carbocycles. The summed E-state index contributed by atoms with van der Waals surface area (Å²) in [5.41, 5.74) is 3.99. The van der Waals surface area contributed by atoms with Crippen molar-refractivity contribution >= 4 is 5.91 Å². The van der Waals surface area contributed by atoms with Crippen molar-refractivity contribution in [2.24, 2.45) is 0 Å². The van der Waals surface area contributed by atoms with E-state index in [1.807, 2.05) is 57.7 Å². The number of rotatable bonds is 10. The highest BCUT2D eigenvalue weighted by Crippen LogP contribution is 2.32. The van der Waals surface area contributed by atoms with E-state index in [4.69, 9.17) is 9.47 Å². The number of hydrogen-bond acceptors (Lipinski definition) is 4. The predicted octanol–water partition coefficient (Wildman–Crippen LogP) is 4.89. The van der Waals surface area contributed by atoms with Gasteiger partial charge in [-0.1, -0.05) is 30.3 Å². The summed E-state index contributed by atoms with van der Waals surface area (Å²) in [4.78, 5) is 14.5. The monoisotopic (exact) mass is 424 g/mol. The third kappa shape index (κ3) is 5.79. The van der Waals surface area contributed by atoms with E-state index in [0.717, 1.165) is 24.9 Å². The van der Waals surface area contributed by atoms with Crippen molar-refractivity contribution in [2.45, 2.75) is 72.1 Å². The molecule has 0 heterocycles. The first kappa shape index (κ1) is 23.1. The second kappa shape index (κ2) is 10.7. The number of nitrogens with one attached hydrogen (secondary N) is 1. The Kier molecular flexibility index (Phi) is 7.97. The molecule has 5 heteroatoms.